The van der Waals surface area contributed by atoms with Gasteiger partial charge in [-0.3, -0.25) is 4.68 Å². The maximum Gasteiger partial charge on any atom is 0.240 e. The number of nitriles is 1. The zero-order valence-electron chi connectivity index (χ0n) is 6.95. The fourth-order valence-corrected chi connectivity index (χ4v) is 1.29. The molecule has 2 rings (SSSR count). The second-order valence-corrected chi connectivity index (χ2v) is 2.76. The first-order valence-electron chi connectivity index (χ1n) is 3.75. The summed E-state index contributed by atoms with van der Waals surface area (Å²) in [5.74, 6) is -0.533. The van der Waals surface area contributed by atoms with Gasteiger partial charge in [-0.05, 0) is 18.2 Å². The number of aryl methyl sites for hydroxylation is 1. The molecule has 3 nitrogen and oxygen atoms in total. The molecule has 0 fully saturated rings. The molecule has 13 heavy (non-hydrogen) atoms. The molecular weight excluding hydrogens is 169 g/mol. The van der Waals surface area contributed by atoms with Crippen molar-refractivity contribution in [2.45, 2.75) is 0 Å². The van der Waals surface area contributed by atoms with Gasteiger partial charge in [-0.2, -0.15) is 9.65 Å². The topological polar surface area (TPSA) is 41.6 Å². The Morgan fingerprint density at radius 3 is 3.00 bits per heavy atom. The average molecular weight is 175 g/mol. The highest BCUT2D eigenvalue weighted by atomic mass is 19.1. The van der Waals surface area contributed by atoms with Crippen molar-refractivity contribution in [3.63, 3.8) is 0 Å². The van der Waals surface area contributed by atoms with Crippen LogP contribution in [0.5, 0.6) is 0 Å². The van der Waals surface area contributed by atoms with Crippen molar-refractivity contribution in [2.24, 2.45) is 7.05 Å². The molecule has 0 saturated heterocycles. The number of aromatic nitrogens is 2. The Hall–Kier alpha value is -1.89. The van der Waals surface area contributed by atoms with E-state index in [1.807, 2.05) is 6.07 Å². The summed E-state index contributed by atoms with van der Waals surface area (Å²) in [6.45, 7) is 0. The number of fused-ring (bicyclic) bond motifs is 1. The first-order chi connectivity index (χ1) is 6.22. The zero-order valence-corrected chi connectivity index (χ0v) is 6.95. The van der Waals surface area contributed by atoms with Crippen LogP contribution in [0, 0.1) is 17.3 Å². The second-order valence-electron chi connectivity index (χ2n) is 2.76. The highest BCUT2D eigenvalue weighted by Gasteiger charge is 2.07. The van der Waals surface area contributed by atoms with Gasteiger partial charge < -0.3 is 0 Å². The molecule has 1 heterocycles. The molecule has 2 aromatic rings. The number of nitrogens with zero attached hydrogens (tertiary/aromatic N) is 3. The molecular formula is C9H6FN3. The molecule has 0 unspecified atom stereocenters. The van der Waals surface area contributed by atoms with E-state index in [-0.39, 0.29) is 0 Å². The highest BCUT2D eigenvalue weighted by molar-refractivity contribution is 5.80. The Bertz CT molecular complexity index is 507. The van der Waals surface area contributed by atoms with E-state index < -0.39 is 5.95 Å². The van der Waals surface area contributed by atoms with E-state index in [4.69, 9.17) is 5.26 Å². The van der Waals surface area contributed by atoms with Crippen LogP contribution >= 0.6 is 0 Å². The monoisotopic (exact) mass is 175 g/mol. The lowest BCUT2D eigenvalue weighted by atomic mass is 10.2. The summed E-state index contributed by atoms with van der Waals surface area (Å²) in [6.07, 6.45) is 0. The summed E-state index contributed by atoms with van der Waals surface area (Å²) >= 11 is 0. The number of hydrogen-bond acceptors (Lipinski definition) is 2. The van der Waals surface area contributed by atoms with Crippen molar-refractivity contribution in [1.82, 2.24) is 9.78 Å². The third kappa shape index (κ3) is 1.05. The molecule has 0 amide bonds. The van der Waals surface area contributed by atoms with Crippen LogP contribution in [0.4, 0.5) is 4.39 Å². The van der Waals surface area contributed by atoms with Gasteiger partial charge >= 0.3 is 0 Å². The normalized spacial score (nSPS) is 10.2. The van der Waals surface area contributed by atoms with Crippen LogP contribution < -0.4 is 0 Å². The van der Waals surface area contributed by atoms with Crippen LogP contribution in [0.15, 0.2) is 18.2 Å². The minimum Gasteiger partial charge on any atom is -0.265 e. The molecule has 0 bridgehead atoms. The van der Waals surface area contributed by atoms with E-state index in [1.165, 1.54) is 10.7 Å². The highest BCUT2D eigenvalue weighted by Crippen LogP contribution is 2.17. The number of halogens is 1. The summed E-state index contributed by atoms with van der Waals surface area (Å²) in [5.41, 5.74) is 1.14. The van der Waals surface area contributed by atoms with Gasteiger partial charge in [0.25, 0.3) is 0 Å². The maximum atomic E-state index is 13.1. The Morgan fingerprint density at radius 2 is 2.31 bits per heavy atom. The van der Waals surface area contributed by atoms with Gasteiger partial charge in [-0.15, -0.1) is 5.10 Å². The molecule has 1 aromatic carbocycles. The average Bonchev–Trinajstić information content (AvgIpc) is 2.42. The Morgan fingerprint density at radius 1 is 1.54 bits per heavy atom. The molecule has 0 atom stereocenters. The largest absolute Gasteiger partial charge is 0.265 e. The third-order valence-corrected chi connectivity index (χ3v) is 1.93. The molecule has 0 aliphatic rings. The van der Waals surface area contributed by atoms with E-state index >= 15 is 0 Å². The Labute approximate surface area is 74.0 Å². The van der Waals surface area contributed by atoms with Crippen LogP contribution in [0.2, 0.25) is 0 Å². The van der Waals surface area contributed by atoms with Gasteiger partial charge in [0, 0.05) is 7.05 Å². The Balaban J connectivity index is 2.86. The lowest BCUT2D eigenvalue weighted by molar-refractivity contribution is 0.562. The number of hydrogen-bond donors (Lipinski definition) is 0. The predicted octanol–water partition coefficient (Wildman–Crippen LogP) is 1.58. The van der Waals surface area contributed by atoms with Crippen LogP contribution in [-0.4, -0.2) is 9.78 Å². The van der Waals surface area contributed by atoms with Crippen LogP contribution in [-0.2, 0) is 7.05 Å². The van der Waals surface area contributed by atoms with Gasteiger partial charge in [-0.1, -0.05) is 0 Å². The van der Waals surface area contributed by atoms with Gasteiger partial charge in [-0.25, -0.2) is 0 Å². The molecule has 64 valence electrons. The summed E-state index contributed by atoms with van der Waals surface area (Å²) in [6, 6.07) is 6.78. The van der Waals surface area contributed by atoms with Crippen molar-refractivity contribution in [3.05, 3.63) is 29.7 Å². The Kier molecular flexibility index (Phi) is 1.52. The van der Waals surface area contributed by atoms with Crippen LogP contribution in [0.3, 0.4) is 0 Å². The predicted molar refractivity (Wildman–Crippen MR) is 45.4 cm³/mol. The maximum absolute atomic E-state index is 13.1. The quantitative estimate of drug-likeness (QED) is 0.610. The van der Waals surface area contributed by atoms with E-state index in [1.54, 1.807) is 19.2 Å². The fourth-order valence-electron chi connectivity index (χ4n) is 1.29. The summed E-state index contributed by atoms with van der Waals surface area (Å²) < 4.78 is 14.5. The van der Waals surface area contributed by atoms with E-state index in [9.17, 15) is 4.39 Å². The van der Waals surface area contributed by atoms with Crippen molar-refractivity contribution < 1.29 is 4.39 Å². The number of rotatable bonds is 0. The molecule has 0 radical (unpaired) electrons. The SMILES string of the molecule is Cn1nc(F)c2cc(C#N)ccc21. The smallest absolute Gasteiger partial charge is 0.240 e. The van der Waals surface area contributed by atoms with E-state index in [0.717, 1.165) is 0 Å². The molecule has 0 saturated carbocycles. The van der Waals surface area contributed by atoms with Gasteiger partial charge in [0.1, 0.15) is 0 Å². The van der Waals surface area contributed by atoms with Crippen LogP contribution in [0.1, 0.15) is 5.56 Å². The number of benzene rings is 1. The molecule has 0 aliphatic heterocycles. The standard InChI is InChI=1S/C9H6FN3/c1-13-8-3-2-6(5-11)4-7(8)9(10)12-13/h2-4H,1H3. The molecule has 0 spiro atoms. The summed E-state index contributed by atoms with van der Waals surface area (Å²) in [5, 5.41) is 12.6. The lowest BCUT2D eigenvalue weighted by Crippen LogP contribution is -1.89. The van der Waals surface area contributed by atoms with Gasteiger partial charge in [0.05, 0.1) is 22.5 Å². The molecule has 0 aliphatic carbocycles. The van der Waals surface area contributed by atoms with Gasteiger partial charge in [0.15, 0.2) is 0 Å². The zero-order chi connectivity index (χ0) is 9.42. The van der Waals surface area contributed by atoms with Crippen molar-refractivity contribution >= 4 is 10.9 Å². The second kappa shape index (κ2) is 2.56. The lowest BCUT2D eigenvalue weighted by Gasteiger charge is -1.92. The minimum absolute atomic E-state index is 0.390. The van der Waals surface area contributed by atoms with Gasteiger partial charge in [0.2, 0.25) is 5.95 Å². The molecule has 4 heteroatoms. The minimum atomic E-state index is -0.533. The summed E-state index contributed by atoms with van der Waals surface area (Å²) in [7, 11) is 1.66. The third-order valence-electron chi connectivity index (χ3n) is 1.93. The van der Waals surface area contributed by atoms with E-state index in [0.29, 0.717) is 16.5 Å². The summed E-state index contributed by atoms with van der Waals surface area (Å²) in [4.78, 5) is 0. The first-order valence-corrected chi connectivity index (χ1v) is 3.75. The molecule has 1 aromatic heterocycles. The van der Waals surface area contributed by atoms with Crippen molar-refractivity contribution in [1.29, 1.82) is 5.26 Å². The first kappa shape index (κ1) is 7.74. The van der Waals surface area contributed by atoms with E-state index in [2.05, 4.69) is 5.10 Å². The molecule has 0 N–H and O–H groups in total. The van der Waals surface area contributed by atoms with Crippen molar-refractivity contribution in [3.8, 4) is 6.07 Å². The van der Waals surface area contributed by atoms with Crippen LogP contribution in [0.25, 0.3) is 10.9 Å². The van der Waals surface area contributed by atoms with Crippen molar-refractivity contribution in [2.75, 3.05) is 0 Å². The fraction of sp³-hybridized carbons (Fsp3) is 0.111.